The van der Waals surface area contributed by atoms with Gasteiger partial charge in [-0.2, -0.15) is 0 Å². The van der Waals surface area contributed by atoms with Crippen molar-refractivity contribution in [1.29, 1.82) is 0 Å². The summed E-state index contributed by atoms with van der Waals surface area (Å²) in [4.78, 5) is 11.4. The van der Waals surface area contributed by atoms with Crippen molar-refractivity contribution in [1.82, 2.24) is 0 Å². The second-order valence-corrected chi connectivity index (χ2v) is 4.26. The number of halogens is 1. The molecule has 0 aromatic heterocycles. The standard InChI is InChI=1S/C14H14FN3O/c1-8-6-10(3-4-12(8)15)18-13-5-2-9(16)7-11(13)14(17)19/h2-7,18H,16H2,1H3,(H2,17,19). The van der Waals surface area contributed by atoms with Gasteiger partial charge in [-0.15, -0.1) is 0 Å². The van der Waals surface area contributed by atoms with Crippen LogP contribution in [-0.2, 0) is 0 Å². The fourth-order valence-corrected chi connectivity index (χ4v) is 1.75. The molecule has 0 radical (unpaired) electrons. The van der Waals surface area contributed by atoms with Crippen LogP contribution in [-0.4, -0.2) is 5.91 Å². The van der Waals surface area contributed by atoms with Crippen LogP contribution in [0, 0.1) is 12.7 Å². The van der Waals surface area contributed by atoms with Gasteiger partial charge in [0.15, 0.2) is 0 Å². The first-order valence-corrected chi connectivity index (χ1v) is 5.70. The highest BCUT2D eigenvalue weighted by molar-refractivity contribution is 6.00. The van der Waals surface area contributed by atoms with E-state index in [1.54, 1.807) is 31.2 Å². The van der Waals surface area contributed by atoms with Crippen molar-refractivity contribution in [3.63, 3.8) is 0 Å². The molecule has 19 heavy (non-hydrogen) atoms. The molecule has 0 unspecified atom stereocenters. The average molecular weight is 259 g/mol. The number of carbonyl (C=O) groups is 1. The van der Waals surface area contributed by atoms with Gasteiger partial charge in [-0.25, -0.2) is 4.39 Å². The fourth-order valence-electron chi connectivity index (χ4n) is 1.75. The molecule has 0 aliphatic rings. The van der Waals surface area contributed by atoms with Crippen LogP contribution in [0.25, 0.3) is 0 Å². The largest absolute Gasteiger partial charge is 0.399 e. The zero-order valence-corrected chi connectivity index (χ0v) is 10.4. The van der Waals surface area contributed by atoms with E-state index >= 15 is 0 Å². The molecule has 0 aliphatic carbocycles. The van der Waals surface area contributed by atoms with Crippen LogP contribution in [0.4, 0.5) is 21.5 Å². The lowest BCUT2D eigenvalue weighted by Gasteiger charge is -2.11. The molecule has 98 valence electrons. The van der Waals surface area contributed by atoms with Crippen LogP contribution in [0.3, 0.4) is 0 Å². The van der Waals surface area contributed by atoms with E-state index in [0.717, 1.165) is 0 Å². The SMILES string of the molecule is Cc1cc(Nc2ccc(N)cc2C(N)=O)ccc1F. The Hall–Kier alpha value is -2.56. The van der Waals surface area contributed by atoms with Crippen molar-refractivity contribution in [3.8, 4) is 0 Å². The third-order valence-electron chi connectivity index (χ3n) is 2.75. The third kappa shape index (κ3) is 2.82. The van der Waals surface area contributed by atoms with Gasteiger partial charge >= 0.3 is 0 Å². The molecule has 0 fully saturated rings. The predicted octanol–water partition coefficient (Wildman–Crippen LogP) is 2.56. The number of nitrogen functional groups attached to an aromatic ring is 1. The normalized spacial score (nSPS) is 10.2. The number of benzene rings is 2. The lowest BCUT2D eigenvalue weighted by molar-refractivity contribution is 0.100. The molecular formula is C14H14FN3O. The molecule has 4 nitrogen and oxygen atoms in total. The predicted molar refractivity (Wildman–Crippen MR) is 73.8 cm³/mol. The van der Waals surface area contributed by atoms with Crippen molar-refractivity contribution in [2.45, 2.75) is 6.92 Å². The smallest absolute Gasteiger partial charge is 0.250 e. The molecule has 0 saturated heterocycles. The molecule has 2 rings (SSSR count). The minimum absolute atomic E-state index is 0.280. The molecular weight excluding hydrogens is 245 g/mol. The quantitative estimate of drug-likeness (QED) is 0.741. The number of nitrogens with two attached hydrogens (primary N) is 2. The van der Waals surface area contributed by atoms with Gasteiger partial charge in [-0.3, -0.25) is 4.79 Å². The summed E-state index contributed by atoms with van der Waals surface area (Å²) in [5.74, 6) is -0.855. The van der Waals surface area contributed by atoms with Crippen LogP contribution in [0.15, 0.2) is 36.4 Å². The summed E-state index contributed by atoms with van der Waals surface area (Å²) in [6.07, 6.45) is 0. The highest BCUT2D eigenvalue weighted by Crippen LogP contribution is 2.24. The van der Waals surface area contributed by atoms with Gasteiger partial charge in [0.2, 0.25) is 0 Å². The first-order chi connectivity index (χ1) is 8.97. The van der Waals surface area contributed by atoms with Gasteiger partial charge in [0.05, 0.1) is 11.3 Å². The maximum atomic E-state index is 13.2. The van der Waals surface area contributed by atoms with Gasteiger partial charge in [0.1, 0.15) is 5.82 Å². The number of primary amides is 1. The molecule has 0 saturated carbocycles. The van der Waals surface area contributed by atoms with E-state index in [2.05, 4.69) is 5.32 Å². The van der Waals surface area contributed by atoms with E-state index in [1.807, 2.05) is 0 Å². The number of anilines is 3. The Morgan fingerprint density at radius 3 is 2.58 bits per heavy atom. The van der Waals surface area contributed by atoms with Gasteiger partial charge in [0, 0.05) is 11.4 Å². The van der Waals surface area contributed by atoms with Crippen molar-refractivity contribution in [2.24, 2.45) is 5.73 Å². The molecule has 5 heteroatoms. The van der Waals surface area contributed by atoms with E-state index in [1.165, 1.54) is 12.1 Å². The summed E-state index contributed by atoms with van der Waals surface area (Å²) in [5, 5.41) is 3.03. The zero-order chi connectivity index (χ0) is 14.0. The maximum Gasteiger partial charge on any atom is 0.250 e. The monoisotopic (exact) mass is 259 g/mol. The van der Waals surface area contributed by atoms with Gasteiger partial charge < -0.3 is 16.8 Å². The number of nitrogens with one attached hydrogen (secondary N) is 1. The molecule has 2 aromatic carbocycles. The molecule has 0 spiro atoms. The summed E-state index contributed by atoms with van der Waals surface area (Å²) < 4.78 is 13.2. The first-order valence-electron chi connectivity index (χ1n) is 5.70. The van der Waals surface area contributed by atoms with Crippen LogP contribution in [0.1, 0.15) is 15.9 Å². The summed E-state index contributed by atoms with van der Waals surface area (Å²) in [6.45, 7) is 1.67. The summed E-state index contributed by atoms with van der Waals surface area (Å²) in [7, 11) is 0. The number of rotatable bonds is 3. The second kappa shape index (κ2) is 4.97. The summed E-state index contributed by atoms with van der Waals surface area (Å²) in [6, 6.07) is 9.42. The van der Waals surface area contributed by atoms with E-state index < -0.39 is 5.91 Å². The third-order valence-corrected chi connectivity index (χ3v) is 2.75. The Bertz CT molecular complexity index is 641. The average Bonchev–Trinajstić information content (AvgIpc) is 2.36. The molecule has 0 atom stereocenters. The molecule has 0 heterocycles. The molecule has 0 aliphatic heterocycles. The van der Waals surface area contributed by atoms with Crippen molar-refractivity contribution in [2.75, 3.05) is 11.1 Å². The van der Waals surface area contributed by atoms with Gasteiger partial charge in [0.25, 0.3) is 5.91 Å². The van der Waals surface area contributed by atoms with Crippen molar-refractivity contribution >= 4 is 23.0 Å². The van der Waals surface area contributed by atoms with E-state index in [4.69, 9.17) is 11.5 Å². The zero-order valence-electron chi connectivity index (χ0n) is 10.4. The van der Waals surface area contributed by atoms with Crippen LogP contribution in [0.2, 0.25) is 0 Å². The summed E-state index contributed by atoms with van der Waals surface area (Å²) in [5.41, 5.74) is 13.4. The van der Waals surface area contributed by atoms with E-state index in [-0.39, 0.29) is 5.82 Å². The van der Waals surface area contributed by atoms with E-state index in [0.29, 0.717) is 28.2 Å². The van der Waals surface area contributed by atoms with Gasteiger partial charge in [-0.1, -0.05) is 0 Å². The van der Waals surface area contributed by atoms with Crippen molar-refractivity contribution in [3.05, 3.63) is 53.3 Å². The Labute approximate surface area is 110 Å². The van der Waals surface area contributed by atoms with Crippen LogP contribution >= 0.6 is 0 Å². The Morgan fingerprint density at radius 1 is 1.21 bits per heavy atom. The maximum absolute atomic E-state index is 13.2. The minimum atomic E-state index is -0.575. The molecule has 0 bridgehead atoms. The first kappa shape index (κ1) is 12.9. The number of hydrogen-bond acceptors (Lipinski definition) is 3. The highest BCUT2D eigenvalue weighted by atomic mass is 19.1. The van der Waals surface area contributed by atoms with Gasteiger partial charge in [-0.05, 0) is 48.9 Å². The Morgan fingerprint density at radius 2 is 1.95 bits per heavy atom. The van der Waals surface area contributed by atoms with Crippen LogP contribution in [0.5, 0.6) is 0 Å². The molecule has 1 amide bonds. The number of hydrogen-bond donors (Lipinski definition) is 3. The van der Waals surface area contributed by atoms with Crippen molar-refractivity contribution < 1.29 is 9.18 Å². The Balaban J connectivity index is 2.37. The number of carbonyl (C=O) groups excluding carboxylic acids is 1. The lowest BCUT2D eigenvalue weighted by atomic mass is 10.1. The topological polar surface area (TPSA) is 81.1 Å². The Kier molecular flexibility index (Phi) is 3.37. The second-order valence-electron chi connectivity index (χ2n) is 4.26. The lowest BCUT2D eigenvalue weighted by Crippen LogP contribution is -2.13. The van der Waals surface area contributed by atoms with Crippen LogP contribution < -0.4 is 16.8 Å². The molecule has 5 N–H and O–H groups in total. The number of amides is 1. The minimum Gasteiger partial charge on any atom is -0.399 e. The fraction of sp³-hybridized carbons (Fsp3) is 0.0714. The summed E-state index contributed by atoms with van der Waals surface area (Å²) >= 11 is 0. The molecule has 2 aromatic rings. The van der Waals surface area contributed by atoms with E-state index in [9.17, 15) is 9.18 Å². The highest BCUT2D eigenvalue weighted by Gasteiger charge is 2.09. The number of aryl methyl sites for hydroxylation is 1.